The van der Waals surface area contributed by atoms with Gasteiger partial charge in [-0.3, -0.25) is 4.79 Å². The van der Waals surface area contributed by atoms with Crippen molar-refractivity contribution in [3.63, 3.8) is 0 Å². The Morgan fingerprint density at radius 3 is 2.17 bits per heavy atom. The number of hydrogen-bond donors (Lipinski definition) is 1. The lowest BCUT2D eigenvalue weighted by molar-refractivity contribution is -0.364. The van der Waals surface area contributed by atoms with Crippen molar-refractivity contribution in [1.82, 2.24) is 0 Å². The van der Waals surface area contributed by atoms with Crippen LogP contribution in [-0.4, -0.2) is 28.6 Å². The van der Waals surface area contributed by atoms with Gasteiger partial charge in [-0.15, -0.1) is 0 Å². The third kappa shape index (κ3) is 2.51. The van der Waals surface area contributed by atoms with Crippen molar-refractivity contribution < 1.29 is 31.9 Å². The Morgan fingerprint density at radius 2 is 1.55 bits per heavy atom. The minimum absolute atomic E-state index is 0.0312. The van der Waals surface area contributed by atoms with Gasteiger partial charge in [-0.25, -0.2) is 0 Å². The van der Waals surface area contributed by atoms with E-state index in [0.29, 0.717) is 19.3 Å². The largest absolute Gasteiger partial charge is 0.456 e. The van der Waals surface area contributed by atoms with Crippen molar-refractivity contribution in [3.8, 4) is 0 Å². The molecule has 0 amide bonds. The standard InChI is InChI=1S/C22H31F5O2/c1-12-10-14(28)11-13-4-5-15-16-7-9-20(29,21(23,24)22(25,26)27)18(16,2)8-6-17(15)19(12,13)3/h12-13,15-17,29H,4-11H2,1-3H3/t12?,13?,15-,16-,17+,18-,19-,20?/m0/s1. The van der Waals surface area contributed by atoms with Crippen LogP contribution < -0.4 is 0 Å². The van der Waals surface area contributed by atoms with Gasteiger partial charge in [-0.1, -0.05) is 20.8 Å². The van der Waals surface area contributed by atoms with Crippen LogP contribution in [0.3, 0.4) is 0 Å². The van der Waals surface area contributed by atoms with Crippen LogP contribution in [0.5, 0.6) is 0 Å². The van der Waals surface area contributed by atoms with E-state index in [0.717, 1.165) is 12.8 Å². The van der Waals surface area contributed by atoms with E-state index in [1.54, 1.807) is 0 Å². The number of Topliss-reactive ketones (excluding diaryl/α,β-unsaturated/α-hetero) is 1. The average molecular weight is 422 g/mol. The topological polar surface area (TPSA) is 37.3 Å². The lowest BCUT2D eigenvalue weighted by Crippen LogP contribution is -2.66. The molecule has 0 aromatic carbocycles. The first kappa shape index (κ1) is 21.5. The highest BCUT2D eigenvalue weighted by Crippen LogP contribution is 2.71. The van der Waals surface area contributed by atoms with Crippen LogP contribution in [0.1, 0.15) is 72.1 Å². The number of carbonyl (C=O) groups is 1. The van der Waals surface area contributed by atoms with E-state index in [-0.39, 0.29) is 53.6 Å². The molecule has 2 nitrogen and oxygen atoms in total. The zero-order chi connectivity index (χ0) is 21.6. The molecule has 3 unspecified atom stereocenters. The van der Waals surface area contributed by atoms with E-state index in [2.05, 4.69) is 13.8 Å². The lowest BCUT2D eigenvalue weighted by Gasteiger charge is -2.63. The molecule has 0 heterocycles. The summed E-state index contributed by atoms with van der Waals surface area (Å²) in [7, 11) is 0. The maximum absolute atomic E-state index is 14.5. The molecular formula is C22H31F5O2. The molecule has 0 saturated heterocycles. The normalized spacial score (nSPS) is 50.7. The summed E-state index contributed by atoms with van der Waals surface area (Å²) in [5.74, 6) is -4.50. The van der Waals surface area contributed by atoms with Crippen molar-refractivity contribution in [3.05, 3.63) is 0 Å². The van der Waals surface area contributed by atoms with E-state index in [4.69, 9.17) is 0 Å². The predicted octanol–water partition coefficient (Wildman–Crippen LogP) is 5.77. The number of alkyl halides is 5. The van der Waals surface area contributed by atoms with E-state index < -0.39 is 29.5 Å². The molecule has 0 aromatic heterocycles. The summed E-state index contributed by atoms with van der Waals surface area (Å²) in [6.45, 7) is 5.76. The Kier molecular flexibility index (Phi) is 4.57. The molecule has 4 rings (SSSR count). The van der Waals surface area contributed by atoms with Crippen LogP contribution in [0.2, 0.25) is 0 Å². The van der Waals surface area contributed by atoms with E-state index in [1.165, 1.54) is 6.92 Å². The number of fused-ring (bicyclic) bond motifs is 5. The van der Waals surface area contributed by atoms with Gasteiger partial charge in [0.1, 0.15) is 11.4 Å². The summed E-state index contributed by atoms with van der Waals surface area (Å²) < 4.78 is 68.7. The first-order valence-corrected chi connectivity index (χ1v) is 10.9. The van der Waals surface area contributed by atoms with Gasteiger partial charge in [0, 0.05) is 18.3 Å². The number of halogens is 5. The zero-order valence-electron chi connectivity index (χ0n) is 17.3. The predicted molar refractivity (Wildman–Crippen MR) is 97.2 cm³/mol. The molecule has 0 bridgehead atoms. The molecule has 0 spiro atoms. The maximum atomic E-state index is 14.5. The molecule has 7 heteroatoms. The number of rotatable bonds is 1. The minimum Gasteiger partial charge on any atom is -0.383 e. The fraction of sp³-hybridized carbons (Fsp3) is 0.955. The second kappa shape index (κ2) is 6.17. The Labute approximate surface area is 168 Å². The minimum atomic E-state index is -5.77. The molecule has 0 radical (unpaired) electrons. The fourth-order valence-electron chi connectivity index (χ4n) is 8.25. The van der Waals surface area contributed by atoms with Crippen LogP contribution in [0, 0.1) is 40.4 Å². The van der Waals surface area contributed by atoms with Crippen LogP contribution in [0.4, 0.5) is 22.0 Å². The number of ketones is 1. The average Bonchev–Trinajstić information content (AvgIpc) is 2.88. The van der Waals surface area contributed by atoms with Crippen LogP contribution >= 0.6 is 0 Å². The summed E-state index contributed by atoms with van der Waals surface area (Å²) in [6.07, 6.45) is -2.72. The molecule has 166 valence electrons. The van der Waals surface area contributed by atoms with Gasteiger partial charge in [-0.05, 0) is 73.5 Å². The molecule has 4 aliphatic carbocycles. The summed E-state index contributed by atoms with van der Waals surface area (Å²) in [5.41, 5.74) is -4.60. The molecule has 8 atom stereocenters. The van der Waals surface area contributed by atoms with Gasteiger partial charge in [0.2, 0.25) is 0 Å². The van der Waals surface area contributed by atoms with Crippen molar-refractivity contribution >= 4 is 5.78 Å². The molecular weight excluding hydrogens is 391 g/mol. The number of hydrogen-bond acceptors (Lipinski definition) is 2. The first-order chi connectivity index (χ1) is 13.2. The Morgan fingerprint density at radius 1 is 0.931 bits per heavy atom. The van der Waals surface area contributed by atoms with Crippen molar-refractivity contribution in [2.45, 2.75) is 89.8 Å². The van der Waals surface area contributed by atoms with Gasteiger partial charge < -0.3 is 5.11 Å². The lowest BCUT2D eigenvalue weighted by atomic mass is 9.42. The Bertz CT molecular complexity index is 706. The van der Waals surface area contributed by atoms with Gasteiger partial charge in [0.25, 0.3) is 0 Å². The molecule has 0 aliphatic heterocycles. The highest BCUT2D eigenvalue weighted by molar-refractivity contribution is 5.80. The SMILES string of the molecule is CC1CC(=O)CC2CC[C@@H]3[C@@H](CC[C@@]4(C)[C@H]3CCC4(O)C(F)(F)C(F)(F)F)[C@@]12C. The second-order valence-electron chi connectivity index (χ2n) is 10.8. The Hall–Kier alpha value is -0.720. The summed E-state index contributed by atoms with van der Waals surface area (Å²) in [6, 6.07) is 0. The second-order valence-corrected chi connectivity index (χ2v) is 10.8. The van der Waals surface area contributed by atoms with Crippen molar-refractivity contribution in [1.29, 1.82) is 0 Å². The summed E-state index contributed by atoms with van der Waals surface area (Å²) >= 11 is 0. The molecule has 0 aromatic rings. The van der Waals surface area contributed by atoms with E-state index in [9.17, 15) is 31.9 Å². The molecule has 4 fully saturated rings. The molecule has 1 N–H and O–H groups in total. The van der Waals surface area contributed by atoms with Crippen molar-refractivity contribution in [2.75, 3.05) is 0 Å². The third-order valence-corrected chi connectivity index (χ3v) is 10.1. The highest BCUT2D eigenvalue weighted by Gasteiger charge is 2.79. The first-order valence-electron chi connectivity index (χ1n) is 10.9. The molecule has 4 aliphatic rings. The zero-order valence-corrected chi connectivity index (χ0v) is 17.3. The number of aliphatic hydroxyl groups is 1. The fourth-order valence-corrected chi connectivity index (χ4v) is 8.25. The van der Waals surface area contributed by atoms with Gasteiger partial charge >= 0.3 is 12.1 Å². The van der Waals surface area contributed by atoms with Crippen LogP contribution in [-0.2, 0) is 4.79 Å². The third-order valence-electron chi connectivity index (χ3n) is 10.1. The van der Waals surface area contributed by atoms with E-state index >= 15 is 0 Å². The molecule has 29 heavy (non-hydrogen) atoms. The monoisotopic (exact) mass is 422 g/mol. The van der Waals surface area contributed by atoms with Crippen LogP contribution in [0.25, 0.3) is 0 Å². The smallest absolute Gasteiger partial charge is 0.383 e. The molecule has 4 saturated carbocycles. The summed E-state index contributed by atoms with van der Waals surface area (Å²) in [4.78, 5) is 12.1. The summed E-state index contributed by atoms with van der Waals surface area (Å²) in [5, 5.41) is 10.9. The quantitative estimate of drug-likeness (QED) is 0.545. The number of carbonyl (C=O) groups excluding carboxylic acids is 1. The highest BCUT2D eigenvalue weighted by atomic mass is 19.4. The maximum Gasteiger partial charge on any atom is 0.456 e. The van der Waals surface area contributed by atoms with Gasteiger partial charge in [0.05, 0.1) is 0 Å². The van der Waals surface area contributed by atoms with Gasteiger partial charge in [-0.2, -0.15) is 22.0 Å². The van der Waals surface area contributed by atoms with Crippen molar-refractivity contribution in [2.24, 2.45) is 40.4 Å². The van der Waals surface area contributed by atoms with Gasteiger partial charge in [0.15, 0.2) is 0 Å². The van der Waals surface area contributed by atoms with E-state index in [1.807, 2.05) is 0 Å². The van der Waals surface area contributed by atoms with Crippen LogP contribution in [0.15, 0.2) is 0 Å². The Balaban J connectivity index is 1.69.